The maximum absolute atomic E-state index is 14.0. The fraction of sp³-hybridized carbons (Fsp3) is 0.381. The number of alkyl halides is 5. The van der Waals surface area contributed by atoms with E-state index in [4.69, 9.17) is 17.0 Å². The van der Waals surface area contributed by atoms with Gasteiger partial charge in [0.05, 0.1) is 23.8 Å². The van der Waals surface area contributed by atoms with Crippen molar-refractivity contribution in [1.29, 1.82) is 0 Å². The molecule has 0 radical (unpaired) electrons. The molecule has 0 bridgehead atoms. The second-order valence-corrected chi connectivity index (χ2v) is 7.95. The van der Waals surface area contributed by atoms with Gasteiger partial charge in [0.2, 0.25) is 0 Å². The lowest BCUT2D eigenvalue weighted by molar-refractivity contribution is -0.136. The topological polar surface area (TPSA) is 69.1 Å². The van der Waals surface area contributed by atoms with E-state index in [9.17, 15) is 26.7 Å². The van der Waals surface area contributed by atoms with Crippen LogP contribution in [-0.4, -0.2) is 28.3 Å². The lowest BCUT2D eigenvalue weighted by Crippen LogP contribution is -2.22. The predicted octanol–water partition coefficient (Wildman–Crippen LogP) is 5.86. The Morgan fingerprint density at radius 2 is 1.88 bits per heavy atom. The molecule has 12 heteroatoms. The summed E-state index contributed by atoms with van der Waals surface area (Å²) in [4.78, 5) is 19.3. The van der Waals surface area contributed by atoms with Gasteiger partial charge >= 0.3 is 12.8 Å². The van der Waals surface area contributed by atoms with Gasteiger partial charge in [0, 0.05) is 11.6 Å². The lowest BCUT2D eigenvalue weighted by atomic mass is 10.0. The van der Waals surface area contributed by atoms with Crippen LogP contribution in [0.2, 0.25) is 0 Å². The lowest BCUT2D eigenvalue weighted by Gasteiger charge is -2.20. The standard InChI is InChI=1S/C21H18F5N3O3S/c1-31-15-8-10(6-7-14(15)32-19(22)23)13-9-12(21(24,25)26)16-17(27-13)29(11-4-2-3-5-11)20(33)28-18(16)30/h6-9,11,19H,2-5H2,1H3,(H,28,30,33). The third kappa shape index (κ3) is 4.43. The summed E-state index contributed by atoms with van der Waals surface area (Å²) in [6, 6.07) is 4.24. The minimum absolute atomic E-state index is 0.00423. The van der Waals surface area contributed by atoms with Crippen LogP contribution in [0, 0.1) is 4.77 Å². The Balaban J connectivity index is 2.02. The molecule has 6 nitrogen and oxygen atoms in total. The van der Waals surface area contributed by atoms with Crippen LogP contribution in [0.1, 0.15) is 37.3 Å². The highest BCUT2D eigenvalue weighted by Gasteiger charge is 2.36. The molecule has 1 aliphatic carbocycles. The average molecular weight is 487 g/mol. The first-order valence-corrected chi connectivity index (χ1v) is 10.4. The van der Waals surface area contributed by atoms with E-state index >= 15 is 0 Å². The summed E-state index contributed by atoms with van der Waals surface area (Å²) in [6.07, 6.45) is -1.72. The number of H-pyrrole nitrogens is 1. The van der Waals surface area contributed by atoms with Crippen molar-refractivity contribution in [2.24, 2.45) is 0 Å². The molecule has 33 heavy (non-hydrogen) atoms. The highest BCUT2D eigenvalue weighted by Crippen LogP contribution is 2.39. The molecule has 2 heterocycles. The number of benzene rings is 1. The summed E-state index contributed by atoms with van der Waals surface area (Å²) in [5, 5.41) is -0.601. The Morgan fingerprint density at radius 1 is 1.18 bits per heavy atom. The highest BCUT2D eigenvalue weighted by molar-refractivity contribution is 7.71. The number of rotatable bonds is 5. The van der Waals surface area contributed by atoms with Gasteiger partial charge < -0.3 is 9.47 Å². The van der Waals surface area contributed by atoms with E-state index in [2.05, 4.69) is 14.7 Å². The predicted molar refractivity (Wildman–Crippen MR) is 112 cm³/mol. The van der Waals surface area contributed by atoms with Gasteiger partial charge in [-0.3, -0.25) is 14.3 Å². The number of nitrogens with zero attached hydrogens (tertiary/aromatic N) is 2. The monoisotopic (exact) mass is 487 g/mol. The molecule has 176 valence electrons. The van der Waals surface area contributed by atoms with Crippen molar-refractivity contribution in [3.63, 3.8) is 0 Å². The molecular weight excluding hydrogens is 469 g/mol. The van der Waals surface area contributed by atoms with Gasteiger partial charge in [-0.25, -0.2) is 4.98 Å². The molecule has 0 atom stereocenters. The van der Waals surface area contributed by atoms with E-state index in [1.165, 1.54) is 23.8 Å². The Kier molecular flexibility index (Phi) is 6.12. The van der Waals surface area contributed by atoms with Gasteiger partial charge in [0.1, 0.15) is 5.65 Å². The Morgan fingerprint density at radius 3 is 2.48 bits per heavy atom. The second-order valence-electron chi connectivity index (χ2n) is 7.56. The van der Waals surface area contributed by atoms with Crippen molar-refractivity contribution < 1.29 is 31.4 Å². The van der Waals surface area contributed by atoms with Crippen LogP contribution in [0.25, 0.3) is 22.3 Å². The molecule has 0 aliphatic heterocycles. The van der Waals surface area contributed by atoms with Crippen LogP contribution in [0.5, 0.6) is 11.5 Å². The third-order valence-corrected chi connectivity index (χ3v) is 5.86. The van der Waals surface area contributed by atoms with E-state index in [1.54, 1.807) is 0 Å². The van der Waals surface area contributed by atoms with Crippen molar-refractivity contribution in [2.45, 2.75) is 44.5 Å². The van der Waals surface area contributed by atoms with Gasteiger partial charge in [0.15, 0.2) is 16.3 Å². The summed E-state index contributed by atoms with van der Waals surface area (Å²) in [5.74, 6) is -0.389. The quantitative estimate of drug-likeness (QED) is 0.360. The van der Waals surface area contributed by atoms with Crippen molar-refractivity contribution in [3.05, 3.63) is 45.0 Å². The minimum Gasteiger partial charge on any atom is -0.493 e. The van der Waals surface area contributed by atoms with Crippen LogP contribution in [0.4, 0.5) is 22.0 Å². The maximum Gasteiger partial charge on any atom is 0.417 e. The molecule has 4 rings (SSSR count). The summed E-state index contributed by atoms with van der Waals surface area (Å²) in [5.41, 5.74) is -2.29. The van der Waals surface area contributed by atoms with E-state index in [0.29, 0.717) is 12.8 Å². The zero-order chi connectivity index (χ0) is 23.9. The number of aromatic nitrogens is 3. The molecule has 1 saturated carbocycles. The number of hydrogen-bond donors (Lipinski definition) is 1. The van der Waals surface area contributed by atoms with Crippen molar-refractivity contribution in [1.82, 2.24) is 14.5 Å². The molecule has 0 saturated heterocycles. The van der Waals surface area contributed by atoms with Gasteiger partial charge in [-0.2, -0.15) is 22.0 Å². The Bertz CT molecular complexity index is 1310. The van der Waals surface area contributed by atoms with Crippen molar-refractivity contribution >= 4 is 23.3 Å². The van der Waals surface area contributed by atoms with Crippen LogP contribution >= 0.6 is 12.2 Å². The summed E-state index contributed by atoms with van der Waals surface area (Å²) < 4.78 is 78.2. The maximum atomic E-state index is 14.0. The van der Waals surface area contributed by atoms with Gasteiger partial charge in [-0.1, -0.05) is 12.8 Å². The normalized spacial score (nSPS) is 14.9. The number of nitrogens with one attached hydrogen (secondary N) is 1. The number of halogens is 5. The first-order valence-electron chi connectivity index (χ1n) is 10.00. The minimum atomic E-state index is -4.86. The molecular formula is C21H18F5N3O3S. The molecule has 2 aromatic heterocycles. The number of pyridine rings is 1. The number of methoxy groups -OCH3 is 1. The number of ether oxygens (including phenoxy) is 2. The fourth-order valence-corrected chi connectivity index (χ4v) is 4.47. The van der Waals surface area contributed by atoms with Crippen molar-refractivity contribution in [3.8, 4) is 22.8 Å². The molecule has 1 aromatic carbocycles. The van der Waals surface area contributed by atoms with Gasteiger partial charge in [-0.05, 0) is 49.3 Å². The molecule has 0 amide bonds. The zero-order valence-electron chi connectivity index (χ0n) is 17.2. The van der Waals surface area contributed by atoms with E-state index < -0.39 is 29.3 Å². The van der Waals surface area contributed by atoms with Crippen LogP contribution in [-0.2, 0) is 6.18 Å². The summed E-state index contributed by atoms with van der Waals surface area (Å²) >= 11 is 5.28. The molecule has 1 fully saturated rings. The Labute approximate surface area is 189 Å². The van der Waals surface area contributed by atoms with E-state index in [-0.39, 0.29) is 39.2 Å². The average Bonchev–Trinajstić information content (AvgIpc) is 3.26. The number of aromatic amines is 1. The van der Waals surface area contributed by atoms with E-state index in [0.717, 1.165) is 25.0 Å². The smallest absolute Gasteiger partial charge is 0.417 e. The molecule has 1 N–H and O–H groups in total. The van der Waals surface area contributed by atoms with E-state index in [1.807, 2.05) is 0 Å². The Hall–Kier alpha value is -3.02. The highest BCUT2D eigenvalue weighted by atomic mass is 32.1. The largest absolute Gasteiger partial charge is 0.493 e. The van der Waals surface area contributed by atoms with Crippen molar-refractivity contribution in [2.75, 3.05) is 7.11 Å². The zero-order valence-corrected chi connectivity index (χ0v) is 18.0. The number of fused-ring (bicyclic) bond motifs is 1. The van der Waals surface area contributed by atoms with Crippen LogP contribution in [0.15, 0.2) is 29.1 Å². The van der Waals surface area contributed by atoms with Crippen LogP contribution < -0.4 is 15.0 Å². The van der Waals surface area contributed by atoms with Crippen LogP contribution in [0.3, 0.4) is 0 Å². The molecule has 1 aliphatic rings. The SMILES string of the molecule is COc1cc(-c2cc(C(F)(F)F)c3c(=O)[nH]c(=S)n(C4CCCC4)c3n2)ccc1OC(F)F. The molecule has 0 spiro atoms. The third-order valence-electron chi connectivity index (χ3n) is 5.57. The fourth-order valence-electron chi connectivity index (χ4n) is 4.14. The first kappa shape index (κ1) is 23.1. The molecule has 3 aromatic rings. The summed E-state index contributed by atoms with van der Waals surface area (Å²) in [6.45, 7) is -3.11. The van der Waals surface area contributed by atoms with Gasteiger partial charge in [0.25, 0.3) is 5.56 Å². The molecule has 0 unspecified atom stereocenters. The summed E-state index contributed by atoms with van der Waals surface area (Å²) in [7, 11) is 1.21. The first-order chi connectivity index (χ1) is 15.6. The number of hydrogen-bond acceptors (Lipinski definition) is 5. The second kappa shape index (κ2) is 8.73. The van der Waals surface area contributed by atoms with Gasteiger partial charge in [-0.15, -0.1) is 0 Å².